The molecule has 1 atom stereocenters. The number of piperidine rings is 1. The van der Waals surface area contributed by atoms with E-state index in [1.807, 2.05) is 35.2 Å². The number of likely N-dealkylation sites (tertiary alicyclic amines) is 1. The van der Waals surface area contributed by atoms with Crippen LogP contribution in [0, 0.1) is 0 Å². The molecule has 1 heterocycles. The number of ether oxygens (including phenoxy) is 1. The first-order chi connectivity index (χ1) is 10.6. The van der Waals surface area contributed by atoms with Crippen LogP contribution in [0.1, 0.15) is 18.4 Å². The Hall–Kier alpha value is -2.08. The van der Waals surface area contributed by atoms with Crippen molar-refractivity contribution in [2.24, 2.45) is 0 Å². The summed E-state index contributed by atoms with van der Waals surface area (Å²) < 4.78 is 5.31. The van der Waals surface area contributed by atoms with Crippen LogP contribution in [0.15, 0.2) is 30.3 Å². The molecule has 1 aliphatic heterocycles. The van der Waals surface area contributed by atoms with Gasteiger partial charge in [0.15, 0.2) is 0 Å². The zero-order valence-electron chi connectivity index (χ0n) is 12.8. The van der Waals surface area contributed by atoms with Crippen molar-refractivity contribution in [3.05, 3.63) is 35.9 Å². The van der Waals surface area contributed by atoms with Crippen LogP contribution in [0.4, 0.5) is 4.79 Å². The summed E-state index contributed by atoms with van der Waals surface area (Å²) >= 11 is 0. The minimum atomic E-state index is -0.838. The van der Waals surface area contributed by atoms with Crippen LogP contribution >= 0.6 is 0 Å². The molecule has 0 saturated carbocycles. The van der Waals surface area contributed by atoms with Gasteiger partial charge in [0.1, 0.15) is 6.61 Å². The predicted octanol–water partition coefficient (Wildman–Crippen LogP) is 1.80. The number of benzene rings is 1. The van der Waals surface area contributed by atoms with Gasteiger partial charge in [-0.1, -0.05) is 30.3 Å². The van der Waals surface area contributed by atoms with Gasteiger partial charge in [0, 0.05) is 19.6 Å². The van der Waals surface area contributed by atoms with Gasteiger partial charge < -0.3 is 14.7 Å². The van der Waals surface area contributed by atoms with Gasteiger partial charge in [-0.05, 0) is 24.9 Å². The van der Waals surface area contributed by atoms with Gasteiger partial charge >= 0.3 is 12.1 Å². The lowest BCUT2D eigenvalue weighted by molar-refractivity contribution is -0.138. The fraction of sp³-hybridized carbons (Fsp3) is 0.500. The zero-order chi connectivity index (χ0) is 15.9. The number of nitrogens with zero attached hydrogens (tertiary/aromatic N) is 2. The third-order valence-electron chi connectivity index (χ3n) is 3.88. The van der Waals surface area contributed by atoms with Crippen molar-refractivity contribution in [3.8, 4) is 0 Å². The molecular formula is C16H22N2O4. The van der Waals surface area contributed by atoms with Crippen LogP contribution in [0.25, 0.3) is 0 Å². The Morgan fingerprint density at radius 1 is 1.36 bits per heavy atom. The molecule has 6 nitrogen and oxygen atoms in total. The Labute approximate surface area is 130 Å². The quantitative estimate of drug-likeness (QED) is 0.898. The van der Waals surface area contributed by atoms with Gasteiger partial charge in [0.25, 0.3) is 0 Å². The van der Waals surface area contributed by atoms with Gasteiger partial charge in [0.05, 0.1) is 6.54 Å². The summed E-state index contributed by atoms with van der Waals surface area (Å²) in [5.74, 6) is -0.838. The Bertz CT molecular complexity index is 506. The number of hydrogen-bond donors (Lipinski definition) is 1. The molecule has 1 fully saturated rings. The lowest BCUT2D eigenvalue weighted by Gasteiger charge is -2.36. The summed E-state index contributed by atoms with van der Waals surface area (Å²) in [6, 6.07) is 9.52. The number of aliphatic carboxylic acids is 1. The van der Waals surface area contributed by atoms with Crippen LogP contribution in [0.2, 0.25) is 0 Å². The van der Waals surface area contributed by atoms with E-state index in [9.17, 15) is 9.59 Å². The summed E-state index contributed by atoms with van der Waals surface area (Å²) in [4.78, 5) is 26.3. The Kier molecular flexibility index (Phi) is 5.77. The molecule has 0 spiro atoms. The first-order valence-corrected chi connectivity index (χ1v) is 7.44. The molecule has 22 heavy (non-hydrogen) atoms. The Balaban J connectivity index is 1.83. The van der Waals surface area contributed by atoms with Crippen LogP contribution in [-0.2, 0) is 16.1 Å². The molecule has 1 aromatic carbocycles. The lowest BCUT2D eigenvalue weighted by atomic mass is 10.0. The molecule has 2 rings (SSSR count). The van der Waals surface area contributed by atoms with Crippen molar-refractivity contribution >= 4 is 12.1 Å². The van der Waals surface area contributed by atoms with Crippen molar-refractivity contribution in [1.29, 1.82) is 0 Å². The first-order valence-electron chi connectivity index (χ1n) is 7.44. The first kappa shape index (κ1) is 16.3. The fourth-order valence-corrected chi connectivity index (χ4v) is 2.65. The van der Waals surface area contributed by atoms with Gasteiger partial charge in [-0.2, -0.15) is 0 Å². The summed E-state index contributed by atoms with van der Waals surface area (Å²) in [6.07, 6.45) is 1.38. The molecule has 0 bridgehead atoms. The van der Waals surface area contributed by atoms with Crippen molar-refractivity contribution in [1.82, 2.24) is 9.80 Å². The minimum absolute atomic E-state index is 0.00336. The van der Waals surface area contributed by atoms with E-state index >= 15 is 0 Å². The number of rotatable bonds is 5. The minimum Gasteiger partial charge on any atom is -0.480 e. The SMILES string of the molecule is CN(C(=O)OCc1ccccc1)[C@H]1CCCN(CC(=O)O)C1. The van der Waals surface area contributed by atoms with Crippen molar-refractivity contribution < 1.29 is 19.4 Å². The van der Waals surface area contributed by atoms with Crippen LogP contribution in [-0.4, -0.2) is 59.7 Å². The standard InChI is InChI=1S/C16H22N2O4/c1-17(14-8-5-9-18(10-14)11-15(19)20)16(21)22-12-13-6-3-2-4-7-13/h2-4,6-7,14H,5,8-12H2,1H3,(H,19,20)/t14-/m0/s1. The second-order valence-electron chi connectivity index (χ2n) is 5.58. The maximum Gasteiger partial charge on any atom is 0.410 e. The number of likely N-dealkylation sites (N-methyl/N-ethyl adjacent to an activating group) is 1. The van der Waals surface area contributed by atoms with Crippen LogP contribution < -0.4 is 0 Å². The van der Waals surface area contributed by atoms with Crippen molar-refractivity contribution in [2.75, 3.05) is 26.7 Å². The van der Waals surface area contributed by atoms with Crippen molar-refractivity contribution in [3.63, 3.8) is 0 Å². The fourth-order valence-electron chi connectivity index (χ4n) is 2.65. The number of carbonyl (C=O) groups excluding carboxylic acids is 1. The molecule has 1 aromatic rings. The molecule has 0 radical (unpaired) electrons. The van der Waals surface area contributed by atoms with Gasteiger partial charge in [-0.3, -0.25) is 9.69 Å². The molecule has 120 valence electrons. The number of hydrogen-bond acceptors (Lipinski definition) is 4. The summed E-state index contributed by atoms with van der Waals surface area (Å²) in [5.41, 5.74) is 0.945. The monoisotopic (exact) mass is 306 g/mol. The van der Waals surface area contributed by atoms with E-state index in [0.717, 1.165) is 24.9 Å². The normalized spacial score (nSPS) is 18.7. The predicted molar refractivity (Wildman–Crippen MR) is 81.5 cm³/mol. The van der Waals surface area contributed by atoms with Crippen LogP contribution in [0.5, 0.6) is 0 Å². The van der Waals surface area contributed by atoms with Crippen molar-refractivity contribution in [2.45, 2.75) is 25.5 Å². The van der Waals surface area contributed by atoms with Gasteiger partial charge in [-0.25, -0.2) is 4.79 Å². The molecule has 1 N–H and O–H groups in total. The van der Waals surface area contributed by atoms with Gasteiger partial charge in [-0.15, -0.1) is 0 Å². The summed E-state index contributed by atoms with van der Waals surface area (Å²) in [7, 11) is 1.71. The van der Waals surface area contributed by atoms with E-state index < -0.39 is 5.97 Å². The zero-order valence-corrected chi connectivity index (χ0v) is 12.8. The average molecular weight is 306 g/mol. The molecular weight excluding hydrogens is 284 g/mol. The van der Waals surface area contributed by atoms with Gasteiger partial charge in [0.2, 0.25) is 0 Å². The Morgan fingerprint density at radius 3 is 2.77 bits per heavy atom. The number of carboxylic acid groups (broad SMARTS) is 1. The second kappa shape index (κ2) is 7.79. The van der Waals surface area contributed by atoms with E-state index in [0.29, 0.717) is 6.54 Å². The molecule has 0 unspecified atom stereocenters. The summed E-state index contributed by atoms with van der Waals surface area (Å²) in [5, 5.41) is 8.86. The lowest BCUT2D eigenvalue weighted by Crippen LogP contribution is -2.49. The number of carbonyl (C=O) groups is 2. The number of carboxylic acids is 1. The third kappa shape index (κ3) is 4.73. The molecule has 0 aliphatic carbocycles. The number of amides is 1. The van der Waals surface area contributed by atoms with E-state index in [2.05, 4.69) is 0 Å². The summed E-state index contributed by atoms with van der Waals surface area (Å²) in [6.45, 7) is 1.60. The van der Waals surface area contributed by atoms with E-state index in [4.69, 9.17) is 9.84 Å². The maximum atomic E-state index is 12.1. The van der Waals surface area contributed by atoms with E-state index in [1.165, 1.54) is 0 Å². The molecule has 1 saturated heterocycles. The second-order valence-corrected chi connectivity index (χ2v) is 5.58. The average Bonchev–Trinajstić information content (AvgIpc) is 2.52. The van der Waals surface area contributed by atoms with E-state index in [-0.39, 0.29) is 25.3 Å². The van der Waals surface area contributed by atoms with Crippen LogP contribution in [0.3, 0.4) is 0 Å². The molecule has 0 aromatic heterocycles. The topological polar surface area (TPSA) is 70.1 Å². The Morgan fingerprint density at radius 2 is 2.09 bits per heavy atom. The smallest absolute Gasteiger partial charge is 0.410 e. The highest BCUT2D eigenvalue weighted by molar-refractivity contribution is 5.69. The third-order valence-corrected chi connectivity index (χ3v) is 3.88. The highest BCUT2D eigenvalue weighted by Crippen LogP contribution is 2.16. The van der Waals surface area contributed by atoms with E-state index in [1.54, 1.807) is 11.9 Å². The largest absolute Gasteiger partial charge is 0.480 e. The highest BCUT2D eigenvalue weighted by atomic mass is 16.6. The molecule has 1 aliphatic rings. The molecule has 6 heteroatoms. The maximum absolute atomic E-state index is 12.1. The molecule has 1 amide bonds. The highest BCUT2D eigenvalue weighted by Gasteiger charge is 2.27.